The van der Waals surface area contributed by atoms with Crippen LogP contribution in [0.3, 0.4) is 0 Å². The average molecular weight is 358 g/mol. The van der Waals surface area contributed by atoms with Crippen molar-refractivity contribution in [2.75, 3.05) is 11.9 Å². The third kappa shape index (κ3) is 3.95. The van der Waals surface area contributed by atoms with E-state index < -0.39 is 24.6 Å². The van der Waals surface area contributed by atoms with E-state index in [0.717, 1.165) is 4.68 Å². The molecular weight excluding hydrogens is 347 g/mol. The molecule has 20 heavy (non-hydrogen) atoms. The lowest BCUT2D eigenvalue weighted by molar-refractivity contribution is -0.167. The van der Waals surface area contributed by atoms with Gasteiger partial charge in [-0.2, -0.15) is 18.3 Å². The lowest BCUT2D eigenvalue weighted by Crippen LogP contribution is -2.31. The standard InChI is InChI=1S/C10H11BrF3N3O3/c1-3-20-6(18)4-17-8(7(11)5(2)16-17)15-9(19)10(12,13)14/h3-4H2,1-2H3,(H,15,19). The summed E-state index contributed by atoms with van der Waals surface area (Å²) in [4.78, 5) is 22.3. The van der Waals surface area contributed by atoms with Gasteiger partial charge in [0, 0.05) is 0 Å². The first-order chi connectivity index (χ1) is 9.16. The number of hydrogen-bond acceptors (Lipinski definition) is 4. The summed E-state index contributed by atoms with van der Waals surface area (Å²) >= 11 is 3.01. The highest BCUT2D eigenvalue weighted by Gasteiger charge is 2.39. The van der Waals surface area contributed by atoms with E-state index in [4.69, 9.17) is 0 Å². The van der Waals surface area contributed by atoms with Crippen LogP contribution < -0.4 is 5.32 Å². The molecule has 0 bridgehead atoms. The summed E-state index contributed by atoms with van der Waals surface area (Å²) in [6.07, 6.45) is -5.04. The van der Waals surface area contributed by atoms with Gasteiger partial charge in [-0.1, -0.05) is 0 Å². The molecule has 10 heteroatoms. The van der Waals surface area contributed by atoms with Crippen molar-refractivity contribution in [3.63, 3.8) is 0 Å². The normalized spacial score (nSPS) is 11.3. The Hall–Kier alpha value is -1.58. The molecule has 0 radical (unpaired) electrons. The number of nitrogens with zero attached hydrogens (tertiary/aromatic N) is 2. The molecule has 0 saturated heterocycles. The first kappa shape index (κ1) is 16.5. The van der Waals surface area contributed by atoms with Crippen LogP contribution in [0, 0.1) is 6.92 Å². The van der Waals surface area contributed by atoms with E-state index in [1.165, 1.54) is 6.92 Å². The van der Waals surface area contributed by atoms with Crippen molar-refractivity contribution in [1.82, 2.24) is 9.78 Å². The van der Waals surface area contributed by atoms with Gasteiger partial charge in [0.2, 0.25) is 0 Å². The van der Waals surface area contributed by atoms with Crippen molar-refractivity contribution in [2.45, 2.75) is 26.6 Å². The van der Waals surface area contributed by atoms with E-state index in [0.29, 0.717) is 5.69 Å². The minimum atomic E-state index is -5.04. The van der Waals surface area contributed by atoms with Gasteiger partial charge in [-0.25, -0.2) is 4.68 Å². The molecule has 1 N–H and O–H groups in total. The Labute approximate surface area is 120 Å². The second-order valence-corrected chi connectivity index (χ2v) is 4.46. The molecule has 1 amide bonds. The van der Waals surface area contributed by atoms with Crippen LogP contribution in [0.4, 0.5) is 19.0 Å². The molecule has 0 saturated carbocycles. The van der Waals surface area contributed by atoms with Crippen LogP contribution in [-0.2, 0) is 20.9 Å². The zero-order chi connectivity index (χ0) is 15.5. The van der Waals surface area contributed by atoms with E-state index in [1.807, 2.05) is 0 Å². The van der Waals surface area contributed by atoms with Crippen LogP contribution >= 0.6 is 15.9 Å². The van der Waals surface area contributed by atoms with Crippen molar-refractivity contribution in [1.29, 1.82) is 0 Å². The number of ether oxygens (including phenoxy) is 1. The van der Waals surface area contributed by atoms with Gasteiger partial charge in [-0.05, 0) is 29.8 Å². The van der Waals surface area contributed by atoms with Crippen LogP contribution in [0.1, 0.15) is 12.6 Å². The van der Waals surface area contributed by atoms with Crippen LogP contribution in [0.2, 0.25) is 0 Å². The highest BCUT2D eigenvalue weighted by Crippen LogP contribution is 2.28. The van der Waals surface area contributed by atoms with Crippen molar-refractivity contribution in [2.24, 2.45) is 0 Å². The second kappa shape index (κ2) is 6.25. The van der Waals surface area contributed by atoms with Gasteiger partial charge in [0.1, 0.15) is 12.4 Å². The lowest BCUT2D eigenvalue weighted by Gasteiger charge is -2.10. The highest BCUT2D eigenvalue weighted by atomic mass is 79.9. The first-order valence-corrected chi connectivity index (χ1v) is 6.22. The van der Waals surface area contributed by atoms with Gasteiger partial charge in [-0.3, -0.25) is 9.59 Å². The topological polar surface area (TPSA) is 73.2 Å². The Morgan fingerprint density at radius 3 is 2.55 bits per heavy atom. The SMILES string of the molecule is CCOC(=O)Cn1nc(C)c(Br)c1NC(=O)C(F)(F)F. The Kier molecular flexibility index (Phi) is 5.15. The van der Waals surface area contributed by atoms with Crippen molar-refractivity contribution in [3.05, 3.63) is 10.2 Å². The van der Waals surface area contributed by atoms with Crippen LogP contribution in [0.5, 0.6) is 0 Å². The number of carbonyl (C=O) groups is 2. The fourth-order valence-electron chi connectivity index (χ4n) is 1.30. The Bertz CT molecular complexity index is 528. The molecule has 0 spiro atoms. The molecule has 6 nitrogen and oxygen atoms in total. The number of esters is 1. The third-order valence-electron chi connectivity index (χ3n) is 2.13. The molecule has 0 aromatic carbocycles. The van der Waals surface area contributed by atoms with Gasteiger partial charge in [-0.15, -0.1) is 0 Å². The number of nitrogens with one attached hydrogen (secondary N) is 1. The summed E-state index contributed by atoms with van der Waals surface area (Å²) in [5, 5.41) is 5.52. The predicted octanol–water partition coefficient (Wildman–Crippen LogP) is 2.02. The highest BCUT2D eigenvalue weighted by molar-refractivity contribution is 9.10. The summed E-state index contributed by atoms with van der Waals surface area (Å²) in [6.45, 7) is 2.82. The summed E-state index contributed by atoms with van der Waals surface area (Å²) in [5.41, 5.74) is 0.326. The molecule has 1 aromatic rings. The average Bonchev–Trinajstić information content (AvgIpc) is 2.56. The molecular formula is C10H11BrF3N3O3. The Morgan fingerprint density at radius 1 is 1.45 bits per heavy atom. The maximum atomic E-state index is 12.2. The number of rotatable bonds is 4. The molecule has 0 unspecified atom stereocenters. The first-order valence-electron chi connectivity index (χ1n) is 5.43. The summed E-state index contributed by atoms with van der Waals surface area (Å²) < 4.78 is 42.5. The quantitative estimate of drug-likeness (QED) is 0.836. The molecule has 1 rings (SSSR count). The fourth-order valence-corrected chi connectivity index (χ4v) is 1.68. The van der Waals surface area contributed by atoms with Gasteiger partial charge >= 0.3 is 18.1 Å². The number of aryl methyl sites for hydroxylation is 1. The minimum absolute atomic E-state index is 0.129. The molecule has 0 fully saturated rings. The van der Waals surface area contributed by atoms with Gasteiger partial charge in [0.25, 0.3) is 0 Å². The molecule has 0 aliphatic rings. The van der Waals surface area contributed by atoms with Crippen LogP contribution in [0.15, 0.2) is 4.47 Å². The summed E-state index contributed by atoms with van der Waals surface area (Å²) in [7, 11) is 0. The largest absolute Gasteiger partial charge is 0.471 e. The number of halogens is 4. The summed E-state index contributed by atoms with van der Waals surface area (Å²) in [6, 6.07) is 0. The molecule has 0 aliphatic carbocycles. The molecule has 0 atom stereocenters. The van der Waals surface area contributed by atoms with E-state index in [9.17, 15) is 22.8 Å². The summed E-state index contributed by atoms with van der Waals surface area (Å²) in [5.74, 6) is -3.08. The predicted molar refractivity (Wildman–Crippen MR) is 66.0 cm³/mol. The monoisotopic (exact) mass is 357 g/mol. The molecule has 112 valence electrons. The minimum Gasteiger partial charge on any atom is -0.465 e. The zero-order valence-electron chi connectivity index (χ0n) is 10.5. The zero-order valence-corrected chi connectivity index (χ0v) is 12.1. The van der Waals surface area contributed by atoms with Crippen LogP contribution in [0.25, 0.3) is 0 Å². The van der Waals surface area contributed by atoms with E-state index in [2.05, 4.69) is 25.8 Å². The number of carbonyl (C=O) groups excluding carboxylic acids is 2. The Balaban J connectivity index is 3.00. The van der Waals surface area contributed by atoms with Crippen molar-refractivity contribution >= 4 is 33.6 Å². The third-order valence-corrected chi connectivity index (χ3v) is 3.08. The van der Waals surface area contributed by atoms with Crippen molar-refractivity contribution < 1.29 is 27.5 Å². The smallest absolute Gasteiger partial charge is 0.465 e. The van der Waals surface area contributed by atoms with Gasteiger partial charge in [0.05, 0.1) is 16.8 Å². The number of aromatic nitrogens is 2. The molecule has 0 aliphatic heterocycles. The molecule has 1 aromatic heterocycles. The maximum absolute atomic E-state index is 12.2. The number of amides is 1. The number of alkyl halides is 3. The number of anilines is 1. The lowest BCUT2D eigenvalue weighted by atomic mass is 10.4. The van der Waals surface area contributed by atoms with E-state index in [1.54, 1.807) is 12.2 Å². The molecule has 1 heterocycles. The fraction of sp³-hybridized carbons (Fsp3) is 0.500. The van der Waals surface area contributed by atoms with Crippen LogP contribution in [-0.4, -0.2) is 34.4 Å². The van der Waals surface area contributed by atoms with Gasteiger partial charge < -0.3 is 10.1 Å². The number of hydrogen-bond donors (Lipinski definition) is 1. The van der Waals surface area contributed by atoms with Gasteiger partial charge in [0.15, 0.2) is 0 Å². The van der Waals surface area contributed by atoms with E-state index in [-0.39, 0.29) is 16.9 Å². The Morgan fingerprint density at radius 2 is 2.05 bits per heavy atom. The maximum Gasteiger partial charge on any atom is 0.471 e. The van der Waals surface area contributed by atoms with E-state index >= 15 is 0 Å². The van der Waals surface area contributed by atoms with Crippen molar-refractivity contribution in [3.8, 4) is 0 Å². The second-order valence-electron chi connectivity index (χ2n) is 3.66.